The molecule has 4 saturated heterocycles. The maximum atomic E-state index is 13.3. The summed E-state index contributed by atoms with van der Waals surface area (Å²) in [5.74, 6) is -6.52. The van der Waals surface area contributed by atoms with Crippen molar-refractivity contribution < 1.29 is 70.3 Å². The number of hydroxylamine groups is 4. The summed E-state index contributed by atoms with van der Waals surface area (Å²) in [6.07, 6.45) is 2.78. The maximum Gasteiger partial charge on any atom is 0.256 e. The third kappa shape index (κ3) is 25.2. The number of ketones is 1. The number of imide groups is 2. The first-order valence-electron chi connectivity index (χ1n) is 25.2. The van der Waals surface area contributed by atoms with E-state index in [-0.39, 0.29) is 95.6 Å². The normalized spacial score (nSPS) is 17.0. The largest absolute Gasteiger partial charge is 0.485 e. The van der Waals surface area contributed by atoms with Gasteiger partial charge in [0.2, 0.25) is 23.5 Å². The van der Waals surface area contributed by atoms with Crippen LogP contribution in [0.25, 0.3) is 0 Å². The number of halogens is 4. The first-order chi connectivity index (χ1) is 34.0. The van der Waals surface area contributed by atoms with Crippen molar-refractivity contribution in [1.82, 2.24) is 19.9 Å². The second-order valence-corrected chi connectivity index (χ2v) is 19.3. The zero-order chi connectivity index (χ0) is 58.8. The number of hydrogen-bond donors (Lipinski definition) is 1. The minimum absolute atomic E-state index is 0.0138. The maximum absolute atomic E-state index is 13.3. The number of benzene rings is 1. The molecule has 4 fully saturated rings. The van der Waals surface area contributed by atoms with Gasteiger partial charge in [0.05, 0.1) is 25.4 Å². The Balaban J connectivity index is -0.000000802. The molecule has 424 valence electrons. The molecule has 4 heterocycles. The van der Waals surface area contributed by atoms with Gasteiger partial charge < -0.3 is 14.4 Å². The van der Waals surface area contributed by atoms with Crippen molar-refractivity contribution in [2.45, 2.75) is 207 Å². The number of allylic oxidation sites excluding steroid dienone is 2. The Kier molecular flexibility index (Phi) is 35.1. The highest BCUT2D eigenvalue weighted by Crippen LogP contribution is 2.30. The molecule has 0 bridgehead atoms. The van der Waals surface area contributed by atoms with Crippen LogP contribution in [0.3, 0.4) is 0 Å². The van der Waals surface area contributed by atoms with E-state index in [1.54, 1.807) is 39.5 Å². The second kappa shape index (κ2) is 35.7. The van der Waals surface area contributed by atoms with Gasteiger partial charge in [-0.1, -0.05) is 68.5 Å². The van der Waals surface area contributed by atoms with Gasteiger partial charge >= 0.3 is 0 Å². The fraction of sp³-hybridized carbons (Fsp3) is 0.667. The molecule has 0 aromatic heterocycles. The van der Waals surface area contributed by atoms with Crippen molar-refractivity contribution >= 4 is 47.1 Å². The molecular weight excluding hydrogens is 971 g/mol. The third-order valence-electron chi connectivity index (χ3n) is 10.1. The van der Waals surface area contributed by atoms with Crippen LogP contribution in [0.4, 0.5) is 17.6 Å². The summed E-state index contributed by atoms with van der Waals surface area (Å²) >= 11 is 0. The molecular formula is C54H89F4N5O11. The lowest BCUT2D eigenvalue weighted by atomic mass is 10.1. The molecule has 5 rings (SSSR count). The van der Waals surface area contributed by atoms with E-state index in [1.807, 2.05) is 83.1 Å². The number of hydrogen-bond acceptors (Lipinski definition) is 12. The van der Waals surface area contributed by atoms with Crippen molar-refractivity contribution in [3.63, 3.8) is 0 Å². The third-order valence-corrected chi connectivity index (χ3v) is 10.1. The fourth-order valence-corrected chi connectivity index (χ4v) is 6.02. The summed E-state index contributed by atoms with van der Waals surface area (Å²) in [4.78, 5) is 90.4. The van der Waals surface area contributed by atoms with E-state index in [0.29, 0.717) is 25.2 Å². The van der Waals surface area contributed by atoms with Crippen molar-refractivity contribution in [3.05, 3.63) is 53.4 Å². The number of rotatable bonds is 10. The summed E-state index contributed by atoms with van der Waals surface area (Å²) in [5, 5.41) is 9.16. The van der Waals surface area contributed by atoms with Gasteiger partial charge in [-0.2, -0.15) is 14.5 Å². The number of amides is 6. The lowest BCUT2D eigenvalue weighted by molar-refractivity contribution is -0.199. The zero-order valence-corrected chi connectivity index (χ0v) is 48.1. The molecule has 16 nitrogen and oxygen atoms in total. The predicted octanol–water partition coefficient (Wildman–Crippen LogP) is 11.4. The van der Waals surface area contributed by atoms with E-state index in [2.05, 4.69) is 17.9 Å². The Morgan fingerprint density at radius 2 is 0.986 bits per heavy atom. The summed E-state index contributed by atoms with van der Waals surface area (Å²) < 4.78 is 61.5. The topological polar surface area (TPSA) is 193 Å². The van der Waals surface area contributed by atoms with Crippen molar-refractivity contribution in [3.8, 4) is 5.75 Å². The van der Waals surface area contributed by atoms with E-state index in [1.165, 1.54) is 30.9 Å². The van der Waals surface area contributed by atoms with Crippen LogP contribution in [0.5, 0.6) is 5.75 Å². The Labute approximate surface area is 438 Å². The molecule has 74 heavy (non-hydrogen) atoms. The Hall–Kier alpha value is -5.50. The molecule has 4 aliphatic heterocycles. The summed E-state index contributed by atoms with van der Waals surface area (Å²) in [6, 6.07) is 0.294. The van der Waals surface area contributed by atoms with Gasteiger partial charge in [0.15, 0.2) is 29.1 Å². The smallest absolute Gasteiger partial charge is 0.256 e. The van der Waals surface area contributed by atoms with Crippen LogP contribution in [0.1, 0.15) is 176 Å². The number of carbonyl (C=O) groups is 7. The Morgan fingerprint density at radius 3 is 1.24 bits per heavy atom. The van der Waals surface area contributed by atoms with Gasteiger partial charge in [0.1, 0.15) is 5.78 Å². The van der Waals surface area contributed by atoms with Crippen LogP contribution in [-0.2, 0) is 48.0 Å². The molecule has 2 unspecified atom stereocenters. The van der Waals surface area contributed by atoms with E-state index < -0.39 is 40.7 Å². The molecule has 0 radical (unpaired) electrons. The highest BCUT2D eigenvalue weighted by Gasteiger charge is 2.38. The lowest BCUT2D eigenvalue weighted by Crippen LogP contribution is -2.36. The van der Waals surface area contributed by atoms with Gasteiger partial charge in [-0.25, -0.2) is 13.2 Å². The van der Waals surface area contributed by atoms with Crippen molar-refractivity contribution in [1.29, 1.82) is 5.41 Å². The summed E-state index contributed by atoms with van der Waals surface area (Å²) in [7, 11) is 1.52. The van der Waals surface area contributed by atoms with E-state index in [4.69, 9.17) is 19.8 Å². The van der Waals surface area contributed by atoms with Crippen LogP contribution in [-0.4, -0.2) is 105 Å². The Bertz CT molecular complexity index is 2000. The van der Waals surface area contributed by atoms with Crippen LogP contribution in [0.2, 0.25) is 0 Å². The molecule has 0 saturated carbocycles. The number of nitrogens with one attached hydrogen (secondary N) is 1. The number of nitrogens with zero attached hydrogens (tertiary/aromatic N) is 4. The molecule has 2 atom stereocenters. The average Bonchev–Trinajstić information content (AvgIpc) is 3.98. The standard InChI is InChI=1S/C10H10F4O.C8H13NO3.2C8H13NO2.C8H13NO.C5H11NO.C5H10O.C2H6/c1-4(2)15-10-7(12)5(3)6(11)8(13)9(10)14;1-5(2)12-9-7(10)4-6(3)8(9)11;1-6(2)11-9-7(3)4-5-8(9)10;1-5(2)9-7(10)4-6(3)8(9)11;1-6(2)9-7(3)4-5-8(9)10;1-4(2)5(6)7-3;1-4(2)5(3)6;1-2/h4H,1-3H3;5-6H,4H2,1-3H3;6H,3-5H2,1-2H3;5-6H,4H2,1-3H3;6H,3-5H2,1-2H3;4,6H,1-3H3;4H,1-3H3;1-2H3. The number of methoxy groups -OCH3 is 1. The molecule has 6 amide bonds. The van der Waals surface area contributed by atoms with Gasteiger partial charge in [-0.3, -0.25) is 53.5 Å². The number of Topliss-reactive ketones (excluding diaryl/α,β-unsaturated/α-hetero) is 1. The first kappa shape index (κ1) is 72.7. The second-order valence-electron chi connectivity index (χ2n) is 19.3. The van der Waals surface area contributed by atoms with Crippen LogP contribution in [0.15, 0.2) is 24.6 Å². The summed E-state index contributed by atoms with van der Waals surface area (Å²) in [5.41, 5.74) is 1.15. The zero-order valence-electron chi connectivity index (χ0n) is 48.1. The monoisotopic (exact) mass is 1060 g/mol. The fourth-order valence-electron chi connectivity index (χ4n) is 6.02. The van der Waals surface area contributed by atoms with Crippen molar-refractivity contribution in [2.24, 2.45) is 23.7 Å². The lowest BCUT2D eigenvalue weighted by Gasteiger charge is -2.21. The molecule has 4 aliphatic rings. The van der Waals surface area contributed by atoms with Gasteiger partial charge in [0.25, 0.3) is 17.7 Å². The molecule has 20 heteroatoms. The van der Waals surface area contributed by atoms with E-state index in [9.17, 15) is 51.1 Å². The number of likely N-dealkylation sites (tertiary alicyclic amines) is 2. The highest BCUT2D eigenvalue weighted by molar-refractivity contribution is 6.03. The summed E-state index contributed by atoms with van der Waals surface area (Å²) in [6.45, 7) is 43.4. The SMILES string of the molecule is C=C1CCC(=O)N1C(C)C.C=C1CCC(=O)N1OC(C)C.CC.CC(=O)C(C)C.CC(C)ON1C(=O)CC(C)C1=O.CC1CC(=O)N(C(C)C)C1=O.COC(=N)C(C)C.Cc1c(F)c(F)c(F)c(OC(C)C)c1F. The minimum atomic E-state index is -1.72. The quantitative estimate of drug-likeness (QED) is 0.0585. The van der Waals surface area contributed by atoms with Crippen molar-refractivity contribution in [2.75, 3.05) is 7.11 Å². The number of ether oxygens (including phenoxy) is 2. The molecule has 1 N–H and O–H groups in total. The predicted molar refractivity (Wildman–Crippen MR) is 278 cm³/mol. The van der Waals surface area contributed by atoms with Gasteiger partial charge in [-0.15, -0.1) is 0 Å². The van der Waals surface area contributed by atoms with E-state index >= 15 is 0 Å². The van der Waals surface area contributed by atoms with E-state index in [0.717, 1.165) is 36.2 Å². The first-order valence-corrected chi connectivity index (χ1v) is 25.2. The van der Waals surface area contributed by atoms with Crippen LogP contribution in [0, 0.1) is 59.3 Å². The van der Waals surface area contributed by atoms with Crippen LogP contribution >= 0.6 is 0 Å². The molecule has 1 aromatic rings. The molecule has 0 aliphatic carbocycles. The van der Waals surface area contributed by atoms with Gasteiger partial charge in [-0.05, 0) is 95.9 Å². The Morgan fingerprint density at radius 1 is 0.568 bits per heavy atom. The van der Waals surface area contributed by atoms with Crippen LogP contribution < -0.4 is 4.74 Å². The molecule has 1 aromatic carbocycles. The van der Waals surface area contributed by atoms with Gasteiger partial charge in [0, 0.05) is 78.4 Å². The highest BCUT2D eigenvalue weighted by atomic mass is 19.2. The number of carbonyl (C=O) groups excluding carboxylic acids is 7. The minimum Gasteiger partial charge on any atom is -0.485 e. The average molecular weight is 1060 g/mol. The molecule has 0 spiro atoms.